The zero-order valence-electron chi connectivity index (χ0n) is 17.4. The lowest BCUT2D eigenvalue weighted by Gasteiger charge is -2.24. The number of nitrogens with one attached hydrogen (secondary N) is 2. The molecule has 0 atom stereocenters. The van der Waals surface area contributed by atoms with E-state index in [2.05, 4.69) is 64.2 Å². The van der Waals surface area contributed by atoms with Crippen molar-refractivity contribution >= 4 is 51.0 Å². The predicted octanol–water partition coefficient (Wildman–Crippen LogP) is 6.75. The number of anilines is 4. The Morgan fingerprint density at radius 2 is 1.81 bits per heavy atom. The van der Waals surface area contributed by atoms with Crippen LogP contribution < -0.4 is 15.5 Å². The Labute approximate surface area is 192 Å². The summed E-state index contributed by atoms with van der Waals surface area (Å²) in [4.78, 5) is 14.8. The summed E-state index contributed by atoms with van der Waals surface area (Å²) >= 11 is 6.20. The van der Waals surface area contributed by atoms with Crippen LogP contribution in [0.2, 0.25) is 5.02 Å². The van der Waals surface area contributed by atoms with Gasteiger partial charge in [0.15, 0.2) is 0 Å². The molecule has 1 aliphatic heterocycles. The van der Waals surface area contributed by atoms with Gasteiger partial charge in [-0.2, -0.15) is 0 Å². The summed E-state index contributed by atoms with van der Waals surface area (Å²) in [5, 5.41) is 9.52. The summed E-state index contributed by atoms with van der Waals surface area (Å²) in [5.74, 6) is -0.102. The summed E-state index contributed by atoms with van der Waals surface area (Å²) in [5.41, 5.74) is 4.69. The van der Waals surface area contributed by atoms with Gasteiger partial charge in [-0.1, -0.05) is 66.2 Å². The SMILES string of the molecule is O=C(Cc1ccccc1Cl)Nc1cccc(N2C=CCNc3c2ccc2ccccc32)c1. The van der Waals surface area contributed by atoms with Crippen LogP contribution in [0, 0.1) is 0 Å². The number of amides is 1. The number of halogens is 1. The molecule has 0 fully saturated rings. The van der Waals surface area contributed by atoms with Crippen molar-refractivity contribution in [2.24, 2.45) is 0 Å². The first-order chi connectivity index (χ1) is 15.7. The highest BCUT2D eigenvalue weighted by Crippen LogP contribution is 2.39. The Kier molecular flexibility index (Phi) is 5.53. The fourth-order valence-electron chi connectivity index (χ4n) is 4.02. The van der Waals surface area contributed by atoms with E-state index in [9.17, 15) is 4.79 Å². The van der Waals surface area contributed by atoms with E-state index in [1.165, 1.54) is 10.8 Å². The van der Waals surface area contributed by atoms with Crippen molar-refractivity contribution in [3.05, 3.63) is 108 Å². The first kappa shape index (κ1) is 20.2. The quantitative estimate of drug-likeness (QED) is 0.369. The molecule has 158 valence electrons. The number of nitrogens with zero attached hydrogens (tertiary/aromatic N) is 1. The second kappa shape index (κ2) is 8.77. The lowest BCUT2D eigenvalue weighted by atomic mass is 10.1. The maximum Gasteiger partial charge on any atom is 0.228 e. The van der Waals surface area contributed by atoms with Gasteiger partial charge in [0.1, 0.15) is 0 Å². The van der Waals surface area contributed by atoms with E-state index in [1.54, 1.807) is 6.07 Å². The molecule has 5 heteroatoms. The Hall–Kier alpha value is -3.76. The lowest BCUT2D eigenvalue weighted by Crippen LogP contribution is -2.15. The van der Waals surface area contributed by atoms with Crippen LogP contribution in [0.1, 0.15) is 5.56 Å². The molecule has 32 heavy (non-hydrogen) atoms. The lowest BCUT2D eigenvalue weighted by molar-refractivity contribution is -0.115. The maximum absolute atomic E-state index is 12.6. The van der Waals surface area contributed by atoms with Gasteiger partial charge < -0.3 is 15.5 Å². The molecule has 0 aromatic heterocycles. The van der Waals surface area contributed by atoms with Crippen LogP contribution in [-0.4, -0.2) is 12.5 Å². The third-order valence-electron chi connectivity index (χ3n) is 5.53. The molecule has 0 saturated carbocycles. The molecule has 0 saturated heterocycles. The molecule has 1 amide bonds. The van der Waals surface area contributed by atoms with Gasteiger partial charge in [0, 0.05) is 34.5 Å². The summed E-state index contributed by atoms with van der Waals surface area (Å²) < 4.78 is 0. The topological polar surface area (TPSA) is 44.4 Å². The van der Waals surface area contributed by atoms with Crippen LogP contribution >= 0.6 is 11.6 Å². The second-order valence-corrected chi connectivity index (χ2v) is 8.09. The minimum absolute atomic E-state index is 0.102. The molecule has 4 aromatic rings. The summed E-state index contributed by atoms with van der Waals surface area (Å²) in [6, 6.07) is 27.9. The largest absolute Gasteiger partial charge is 0.379 e. The van der Waals surface area contributed by atoms with Gasteiger partial charge in [0.2, 0.25) is 5.91 Å². The van der Waals surface area contributed by atoms with E-state index in [0.29, 0.717) is 5.02 Å². The van der Waals surface area contributed by atoms with Crippen molar-refractivity contribution in [1.82, 2.24) is 0 Å². The maximum atomic E-state index is 12.6. The second-order valence-electron chi connectivity index (χ2n) is 7.68. The average molecular weight is 440 g/mol. The molecule has 0 aliphatic carbocycles. The molecule has 2 N–H and O–H groups in total. The average Bonchev–Trinajstić information content (AvgIpc) is 3.03. The van der Waals surface area contributed by atoms with Crippen LogP contribution in [0.15, 0.2) is 97.2 Å². The molecule has 1 aliphatic rings. The number of fused-ring (bicyclic) bond motifs is 3. The van der Waals surface area contributed by atoms with Crippen molar-refractivity contribution < 1.29 is 4.79 Å². The Bertz CT molecular complexity index is 1330. The molecule has 5 rings (SSSR count). The monoisotopic (exact) mass is 439 g/mol. The molecule has 0 bridgehead atoms. The van der Waals surface area contributed by atoms with Crippen LogP contribution in [0.3, 0.4) is 0 Å². The number of rotatable bonds is 4. The third kappa shape index (κ3) is 4.05. The highest BCUT2D eigenvalue weighted by molar-refractivity contribution is 6.31. The summed E-state index contributed by atoms with van der Waals surface area (Å²) in [6.07, 6.45) is 4.39. The van der Waals surface area contributed by atoms with E-state index < -0.39 is 0 Å². The number of carbonyl (C=O) groups is 1. The van der Waals surface area contributed by atoms with Gasteiger partial charge in [-0.25, -0.2) is 0 Å². The van der Waals surface area contributed by atoms with Crippen molar-refractivity contribution in [2.45, 2.75) is 6.42 Å². The molecule has 4 nitrogen and oxygen atoms in total. The van der Waals surface area contributed by atoms with E-state index >= 15 is 0 Å². The number of benzene rings is 4. The third-order valence-corrected chi connectivity index (χ3v) is 5.90. The molecule has 0 spiro atoms. The van der Waals surface area contributed by atoms with Crippen LogP contribution in [0.5, 0.6) is 0 Å². The smallest absolute Gasteiger partial charge is 0.228 e. The fraction of sp³-hybridized carbons (Fsp3) is 0.0741. The zero-order chi connectivity index (χ0) is 21.9. The molecular formula is C27H22ClN3O. The number of hydrogen-bond acceptors (Lipinski definition) is 3. The first-order valence-electron chi connectivity index (χ1n) is 10.5. The van der Waals surface area contributed by atoms with Crippen molar-refractivity contribution in [2.75, 3.05) is 22.1 Å². The van der Waals surface area contributed by atoms with Gasteiger partial charge in [0.05, 0.1) is 17.8 Å². The van der Waals surface area contributed by atoms with Crippen molar-refractivity contribution in [3.8, 4) is 0 Å². The summed E-state index contributed by atoms with van der Waals surface area (Å²) in [6.45, 7) is 0.742. The molecule has 0 unspecified atom stereocenters. The molecular weight excluding hydrogens is 418 g/mol. The number of hydrogen-bond donors (Lipinski definition) is 2. The fourth-order valence-corrected chi connectivity index (χ4v) is 4.23. The first-order valence-corrected chi connectivity index (χ1v) is 10.9. The minimum Gasteiger partial charge on any atom is -0.379 e. The normalized spacial score (nSPS) is 12.7. The Morgan fingerprint density at radius 3 is 2.72 bits per heavy atom. The molecule has 0 radical (unpaired) electrons. The van der Waals surface area contributed by atoms with Gasteiger partial charge in [-0.05, 0) is 47.4 Å². The highest BCUT2D eigenvalue weighted by atomic mass is 35.5. The van der Waals surface area contributed by atoms with Gasteiger partial charge in [-0.3, -0.25) is 4.79 Å². The van der Waals surface area contributed by atoms with Gasteiger partial charge in [-0.15, -0.1) is 0 Å². The predicted molar refractivity (Wildman–Crippen MR) is 134 cm³/mol. The zero-order valence-corrected chi connectivity index (χ0v) is 18.1. The Balaban J connectivity index is 1.44. The van der Waals surface area contributed by atoms with E-state index in [4.69, 9.17) is 11.6 Å². The van der Waals surface area contributed by atoms with Gasteiger partial charge >= 0.3 is 0 Å². The molecule has 4 aromatic carbocycles. The molecule has 1 heterocycles. The number of carbonyl (C=O) groups excluding carboxylic acids is 1. The highest BCUT2D eigenvalue weighted by Gasteiger charge is 2.17. The van der Waals surface area contributed by atoms with E-state index in [0.717, 1.165) is 34.9 Å². The Morgan fingerprint density at radius 1 is 0.969 bits per heavy atom. The standard InChI is InChI=1S/C27H22ClN3O/c28-24-12-4-2-8-20(24)17-26(32)30-21-9-5-10-22(18-21)31-16-6-15-29-27-23-11-3-1-7-19(23)13-14-25(27)31/h1-14,16,18,29H,15,17H2,(H,30,32). The minimum atomic E-state index is -0.102. The van der Waals surface area contributed by atoms with Crippen molar-refractivity contribution in [3.63, 3.8) is 0 Å². The van der Waals surface area contributed by atoms with E-state index in [1.807, 2.05) is 42.5 Å². The van der Waals surface area contributed by atoms with E-state index in [-0.39, 0.29) is 12.3 Å². The summed E-state index contributed by atoms with van der Waals surface area (Å²) in [7, 11) is 0. The van der Waals surface area contributed by atoms with Crippen LogP contribution in [-0.2, 0) is 11.2 Å². The van der Waals surface area contributed by atoms with Crippen molar-refractivity contribution in [1.29, 1.82) is 0 Å². The van der Waals surface area contributed by atoms with Gasteiger partial charge in [0.25, 0.3) is 0 Å². The van der Waals surface area contributed by atoms with Crippen LogP contribution in [0.25, 0.3) is 10.8 Å². The van der Waals surface area contributed by atoms with Crippen LogP contribution in [0.4, 0.5) is 22.7 Å².